The molecule has 7 nitrogen and oxygen atoms in total. The van der Waals surface area contributed by atoms with Crippen molar-refractivity contribution in [2.75, 3.05) is 18.6 Å². The molecule has 0 heterocycles. The molecule has 0 radical (unpaired) electrons. The number of nitrogens with two attached hydrogens (primary N) is 1. The standard InChI is InChI=1S/C19H35N3O4S/c1-4-12(2)16(19(25)26)22-17(23)14-7-5-13(6-8-14)11-21-18(24)15(20)9-10-27-3/h12-16H,4-11,20H2,1-3H3,(H,21,24)(H,22,23)(H,25,26)/t12?,13?,14?,15-,16-/m0/s1. The second-order valence-corrected chi connectivity index (χ2v) is 8.55. The molecule has 1 aliphatic carbocycles. The van der Waals surface area contributed by atoms with Gasteiger partial charge in [0.25, 0.3) is 0 Å². The van der Waals surface area contributed by atoms with E-state index in [1.54, 1.807) is 11.8 Å². The Labute approximate surface area is 166 Å². The molecule has 2 amide bonds. The van der Waals surface area contributed by atoms with Crippen LogP contribution in [0.1, 0.15) is 52.4 Å². The van der Waals surface area contributed by atoms with E-state index in [-0.39, 0.29) is 23.7 Å². The molecular formula is C19H35N3O4S. The van der Waals surface area contributed by atoms with E-state index in [1.807, 2.05) is 20.1 Å². The quantitative estimate of drug-likeness (QED) is 0.417. The summed E-state index contributed by atoms with van der Waals surface area (Å²) in [5.74, 6) is -0.295. The van der Waals surface area contributed by atoms with Gasteiger partial charge in [0.1, 0.15) is 6.04 Å². The molecule has 0 saturated heterocycles. The lowest BCUT2D eigenvalue weighted by atomic mass is 9.81. The van der Waals surface area contributed by atoms with Gasteiger partial charge in [-0.2, -0.15) is 11.8 Å². The summed E-state index contributed by atoms with van der Waals surface area (Å²) in [6.45, 7) is 4.34. The third kappa shape index (κ3) is 8.09. The molecule has 1 saturated carbocycles. The van der Waals surface area contributed by atoms with Crippen LogP contribution in [-0.2, 0) is 14.4 Å². The third-order valence-electron chi connectivity index (χ3n) is 5.53. The summed E-state index contributed by atoms with van der Waals surface area (Å²) < 4.78 is 0. The average molecular weight is 402 g/mol. The lowest BCUT2D eigenvalue weighted by Crippen LogP contribution is -2.48. The van der Waals surface area contributed by atoms with Gasteiger partial charge in [-0.15, -0.1) is 0 Å². The molecule has 1 fully saturated rings. The van der Waals surface area contributed by atoms with Crippen LogP contribution in [0.4, 0.5) is 0 Å². The molecule has 1 rings (SSSR count). The monoisotopic (exact) mass is 401 g/mol. The maximum atomic E-state index is 12.4. The Kier molecular flexibility index (Phi) is 10.8. The fraction of sp³-hybridized carbons (Fsp3) is 0.842. The van der Waals surface area contributed by atoms with E-state index in [9.17, 15) is 19.5 Å². The molecule has 3 atom stereocenters. The summed E-state index contributed by atoms with van der Waals surface area (Å²) >= 11 is 1.67. The normalized spacial score (nSPS) is 23.1. The number of hydrogen-bond donors (Lipinski definition) is 4. The van der Waals surface area contributed by atoms with Crippen LogP contribution >= 0.6 is 11.8 Å². The van der Waals surface area contributed by atoms with E-state index in [0.29, 0.717) is 25.3 Å². The van der Waals surface area contributed by atoms with Crippen molar-refractivity contribution in [3.8, 4) is 0 Å². The highest BCUT2D eigenvalue weighted by Gasteiger charge is 2.31. The first-order chi connectivity index (χ1) is 12.8. The Morgan fingerprint density at radius 3 is 2.37 bits per heavy atom. The molecule has 0 spiro atoms. The second kappa shape index (κ2) is 12.2. The van der Waals surface area contributed by atoms with Gasteiger partial charge in [-0.25, -0.2) is 4.79 Å². The van der Waals surface area contributed by atoms with Crippen LogP contribution in [0.25, 0.3) is 0 Å². The van der Waals surface area contributed by atoms with E-state index in [1.165, 1.54) is 0 Å². The third-order valence-corrected chi connectivity index (χ3v) is 6.17. The number of nitrogens with one attached hydrogen (secondary N) is 2. The molecule has 1 aliphatic rings. The predicted octanol–water partition coefficient (Wildman–Crippen LogP) is 1.60. The van der Waals surface area contributed by atoms with Gasteiger partial charge in [0.15, 0.2) is 0 Å². The Morgan fingerprint density at radius 2 is 1.85 bits per heavy atom. The fourth-order valence-corrected chi connectivity index (χ4v) is 3.82. The van der Waals surface area contributed by atoms with Crippen molar-refractivity contribution in [3.63, 3.8) is 0 Å². The summed E-state index contributed by atoms with van der Waals surface area (Å²) in [5.41, 5.74) is 5.86. The maximum absolute atomic E-state index is 12.4. The van der Waals surface area contributed by atoms with Crippen molar-refractivity contribution >= 4 is 29.5 Å². The number of amides is 2. The van der Waals surface area contributed by atoms with Gasteiger partial charge in [-0.1, -0.05) is 20.3 Å². The first kappa shape index (κ1) is 23.8. The highest BCUT2D eigenvalue weighted by Crippen LogP contribution is 2.29. The number of thioether (sulfide) groups is 1. The molecular weight excluding hydrogens is 366 g/mol. The number of carboxylic acid groups (broad SMARTS) is 1. The lowest BCUT2D eigenvalue weighted by Gasteiger charge is -2.30. The first-order valence-corrected chi connectivity index (χ1v) is 11.2. The molecule has 8 heteroatoms. The Hall–Kier alpha value is -1.28. The van der Waals surface area contributed by atoms with E-state index in [2.05, 4.69) is 10.6 Å². The van der Waals surface area contributed by atoms with Gasteiger partial charge in [0.2, 0.25) is 11.8 Å². The van der Waals surface area contributed by atoms with E-state index >= 15 is 0 Å². The molecule has 0 bridgehead atoms. The van der Waals surface area contributed by atoms with Crippen LogP contribution in [0.2, 0.25) is 0 Å². The maximum Gasteiger partial charge on any atom is 0.326 e. The van der Waals surface area contributed by atoms with Crippen LogP contribution < -0.4 is 16.4 Å². The topological polar surface area (TPSA) is 122 Å². The van der Waals surface area contributed by atoms with E-state index in [0.717, 1.165) is 31.4 Å². The summed E-state index contributed by atoms with van der Waals surface area (Å²) in [4.78, 5) is 35.8. The highest BCUT2D eigenvalue weighted by atomic mass is 32.2. The molecule has 0 aliphatic heterocycles. The van der Waals surface area contributed by atoms with Crippen LogP contribution in [0.3, 0.4) is 0 Å². The van der Waals surface area contributed by atoms with Crippen molar-refractivity contribution < 1.29 is 19.5 Å². The Morgan fingerprint density at radius 1 is 1.22 bits per heavy atom. The zero-order chi connectivity index (χ0) is 20.4. The lowest BCUT2D eigenvalue weighted by molar-refractivity contribution is -0.144. The van der Waals surface area contributed by atoms with Gasteiger partial charge < -0.3 is 21.5 Å². The second-order valence-electron chi connectivity index (χ2n) is 7.56. The van der Waals surface area contributed by atoms with Gasteiger partial charge in [-0.05, 0) is 55.9 Å². The molecule has 0 aromatic rings. The minimum atomic E-state index is -0.980. The number of carbonyl (C=O) groups is 3. The number of carboxylic acids is 1. The van der Waals surface area contributed by atoms with Crippen molar-refractivity contribution in [2.45, 2.75) is 64.5 Å². The summed E-state index contributed by atoms with van der Waals surface area (Å²) in [7, 11) is 0. The largest absolute Gasteiger partial charge is 0.480 e. The van der Waals surface area contributed by atoms with Crippen molar-refractivity contribution in [2.24, 2.45) is 23.5 Å². The Bertz CT molecular complexity index is 495. The van der Waals surface area contributed by atoms with Crippen LogP contribution in [0.5, 0.6) is 0 Å². The van der Waals surface area contributed by atoms with Gasteiger partial charge >= 0.3 is 5.97 Å². The molecule has 156 valence electrons. The van der Waals surface area contributed by atoms with Crippen LogP contribution in [0, 0.1) is 17.8 Å². The number of aliphatic carboxylic acids is 1. The average Bonchev–Trinajstić information content (AvgIpc) is 2.67. The zero-order valence-electron chi connectivity index (χ0n) is 16.7. The van der Waals surface area contributed by atoms with Gasteiger partial charge in [0.05, 0.1) is 6.04 Å². The van der Waals surface area contributed by atoms with Crippen molar-refractivity contribution in [1.82, 2.24) is 10.6 Å². The smallest absolute Gasteiger partial charge is 0.326 e. The van der Waals surface area contributed by atoms with Crippen molar-refractivity contribution in [3.05, 3.63) is 0 Å². The summed E-state index contributed by atoms with van der Waals surface area (Å²) in [6, 6.07) is -1.30. The predicted molar refractivity (Wildman–Crippen MR) is 108 cm³/mol. The number of hydrogen-bond acceptors (Lipinski definition) is 5. The Balaban J connectivity index is 2.37. The number of rotatable bonds is 11. The van der Waals surface area contributed by atoms with E-state index in [4.69, 9.17) is 5.73 Å². The molecule has 5 N–H and O–H groups in total. The van der Waals surface area contributed by atoms with Crippen LogP contribution in [0.15, 0.2) is 0 Å². The molecule has 27 heavy (non-hydrogen) atoms. The van der Waals surface area contributed by atoms with Crippen molar-refractivity contribution in [1.29, 1.82) is 0 Å². The number of carbonyl (C=O) groups excluding carboxylic acids is 2. The minimum absolute atomic E-state index is 0.103. The molecule has 0 aromatic carbocycles. The SMILES string of the molecule is CCC(C)[C@H](NC(=O)C1CCC(CNC(=O)[C@@H](N)CCSC)CC1)C(=O)O. The molecule has 0 aromatic heterocycles. The molecule has 1 unspecified atom stereocenters. The fourth-order valence-electron chi connectivity index (χ4n) is 3.33. The zero-order valence-corrected chi connectivity index (χ0v) is 17.5. The highest BCUT2D eigenvalue weighted by molar-refractivity contribution is 7.98. The van der Waals surface area contributed by atoms with Gasteiger partial charge in [0, 0.05) is 12.5 Å². The summed E-state index contributed by atoms with van der Waals surface area (Å²) in [5, 5.41) is 15.0. The van der Waals surface area contributed by atoms with Crippen LogP contribution in [-0.4, -0.2) is 53.5 Å². The van der Waals surface area contributed by atoms with Gasteiger partial charge in [-0.3, -0.25) is 9.59 Å². The van der Waals surface area contributed by atoms with E-state index < -0.39 is 18.1 Å². The minimum Gasteiger partial charge on any atom is -0.480 e. The first-order valence-electron chi connectivity index (χ1n) is 9.85. The summed E-state index contributed by atoms with van der Waals surface area (Å²) in [6.07, 6.45) is 6.48.